The number of hydrogen-bond acceptors (Lipinski definition) is 4. The quantitative estimate of drug-likeness (QED) is 0.785. The van der Waals surface area contributed by atoms with Crippen molar-refractivity contribution in [3.8, 4) is 5.88 Å². The lowest BCUT2D eigenvalue weighted by atomic mass is 10.1. The van der Waals surface area contributed by atoms with E-state index in [0.717, 1.165) is 25.1 Å². The zero-order valence-corrected chi connectivity index (χ0v) is 10.9. The molecule has 1 saturated heterocycles. The molecule has 1 aromatic heterocycles. The monoisotopic (exact) mass is 252 g/mol. The first kappa shape index (κ1) is 12.9. The summed E-state index contributed by atoms with van der Waals surface area (Å²) in [5.41, 5.74) is 0.807. The van der Waals surface area contributed by atoms with Gasteiger partial charge in [0.15, 0.2) is 0 Å². The van der Waals surface area contributed by atoms with E-state index in [4.69, 9.17) is 4.74 Å². The van der Waals surface area contributed by atoms with Gasteiger partial charge in [0.05, 0.1) is 19.3 Å². The van der Waals surface area contributed by atoms with Crippen LogP contribution in [-0.4, -0.2) is 35.4 Å². The van der Waals surface area contributed by atoms with Crippen LogP contribution in [0.5, 0.6) is 5.88 Å². The van der Waals surface area contributed by atoms with Gasteiger partial charge in [-0.15, -0.1) is 0 Å². The topological polar surface area (TPSA) is 68.2 Å². The molecule has 0 saturated carbocycles. The number of nitrogens with one attached hydrogen (secondary N) is 2. The number of rotatable bonds is 5. The highest BCUT2D eigenvalue weighted by Crippen LogP contribution is 2.11. The Labute approximate surface area is 107 Å². The van der Waals surface area contributed by atoms with E-state index in [0.29, 0.717) is 24.9 Å². The largest absolute Gasteiger partial charge is 0.481 e. The molecule has 18 heavy (non-hydrogen) atoms. The Morgan fingerprint density at radius 3 is 3.17 bits per heavy atom. The highest BCUT2D eigenvalue weighted by atomic mass is 16.5. The van der Waals surface area contributed by atoms with Crippen LogP contribution in [0.1, 0.15) is 25.0 Å². The Morgan fingerprint density at radius 2 is 2.56 bits per heavy atom. The van der Waals surface area contributed by atoms with E-state index in [2.05, 4.69) is 15.7 Å². The Bertz CT molecular complexity index is 410. The second-order valence-electron chi connectivity index (χ2n) is 4.58. The molecule has 6 heteroatoms. The molecule has 0 aromatic carbocycles. The van der Waals surface area contributed by atoms with Gasteiger partial charge in [-0.05, 0) is 19.4 Å². The zero-order valence-electron chi connectivity index (χ0n) is 10.9. The summed E-state index contributed by atoms with van der Waals surface area (Å²) in [6, 6.07) is 2.16. The molecule has 2 rings (SSSR count). The maximum Gasteiger partial charge on any atom is 0.221 e. The molecule has 100 valence electrons. The van der Waals surface area contributed by atoms with Gasteiger partial charge in [-0.1, -0.05) is 0 Å². The van der Waals surface area contributed by atoms with Crippen molar-refractivity contribution in [2.75, 3.05) is 13.7 Å². The lowest BCUT2D eigenvalue weighted by Gasteiger charge is -2.09. The molecule has 1 aromatic rings. The lowest BCUT2D eigenvalue weighted by molar-refractivity contribution is -0.121. The van der Waals surface area contributed by atoms with E-state index < -0.39 is 0 Å². The van der Waals surface area contributed by atoms with Crippen LogP contribution in [-0.2, 0) is 18.4 Å². The third-order valence-corrected chi connectivity index (χ3v) is 3.16. The molecule has 0 aliphatic carbocycles. The molecule has 0 spiro atoms. The molecule has 1 aliphatic rings. The van der Waals surface area contributed by atoms with Crippen LogP contribution in [0.15, 0.2) is 6.07 Å². The summed E-state index contributed by atoms with van der Waals surface area (Å²) in [6.07, 6.45) is 2.80. The summed E-state index contributed by atoms with van der Waals surface area (Å²) in [7, 11) is 3.41. The molecule has 0 bridgehead atoms. The lowest BCUT2D eigenvalue weighted by Crippen LogP contribution is -2.31. The van der Waals surface area contributed by atoms with Crippen LogP contribution in [0.2, 0.25) is 0 Å². The zero-order chi connectivity index (χ0) is 13.0. The van der Waals surface area contributed by atoms with Crippen molar-refractivity contribution in [3.63, 3.8) is 0 Å². The van der Waals surface area contributed by atoms with Crippen LogP contribution >= 0.6 is 0 Å². The van der Waals surface area contributed by atoms with E-state index in [1.54, 1.807) is 11.8 Å². The van der Waals surface area contributed by atoms with Crippen LogP contribution in [0.4, 0.5) is 0 Å². The third kappa shape index (κ3) is 3.22. The predicted molar refractivity (Wildman–Crippen MR) is 67.2 cm³/mol. The number of ether oxygens (including phenoxy) is 1. The number of carbonyl (C=O) groups is 1. The molecular weight excluding hydrogens is 232 g/mol. The Hall–Kier alpha value is -1.56. The summed E-state index contributed by atoms with van der Waals surface area (Å²) < 4.78 is 6.77. The van der Waals surface area contributed by atoms with Gasteiger partial charge in [-0.2, -0.15) is 5.10 Å². The first-order chi connectivity index (χ1) is 8.69. The van der Waals surface area contributed by atoms with Crippen LogP contribution in [0.25, 0.3) is 0 Å². The minimum absolute atomic E-state index is 0.0685. The maximum atomic E-state index is 11.7. The summed E-state index contributed by atoms with van der Waals surface area (Å²) in [6.45, 7) is 1.47. The van der Waals surface area contributed by atoms with Crippen LogP contribution in [0, 0.1) is 0 Å². The van der Waals surface area contributed by atoms with Crippen molar-refractivity contribution in [3.05, 3.63) is 11.8 Å². The molecule has 2 heterocycles. The smallest absolute Gasteiger partial charge is 0.221 e. The van der Waals surface area contributed by atoms with Gasteiger partial charge >= 0.3 is 0 Å². The number of aryl methyl sites for hydroxylation is 1. The molecule has 1 amide bonds. The first-order valence-electron chi connectivity index (χ1n) is 6.26. The van der Waals surface area contributed by atoms with Crippen LogP contribution < -0.4 is 15.4 Å². The van der Waals surface area contributed by atoms with Gasteiger partial charge in [0, 0.05) is 25.6 Å². The molecule has 2 N–H and O–H groups in total. The number of hydrogen-bond donors (Lipinski definition) is 2. The average molecular weight is 252 g/mol. The fourth-order valence-corrected chi connectivity index (χ4v) is 2.20. The van der Waals surface area contributed by atoms with E-state index in [1.165, 1.54) is 0 Å². The van der Waals surface area contributed by atoms with E-state index in [1.807, 2.05) is 13.1 Å². The van der Waals surface area contributed by atoms with Crippen LogP contribution in [0.3, 0.4) is 0 Å². The molecule has 1 unspecified atom stereocenters. The summed E-state index contributed by atoms with van der Waals surface area (Å²) in [5.74, 6) is 0.760. The van der Waals surface area contributed by atoms with Crippen molar-refractivity contribution in [1.82, 2.24) is 20.4 Å². The highest BCUT2D eigenvalue weighted by Gasteiger charge is 2.17. The molecule has 1 fully saturated rings. The number of amides is 1. The number of nitrogens with zero attached hydrogens (tertiary/aromatic N) is 2. The second-order valence-corrected chi connectivity index (χ2v) is 4.58. The highest BCUT2D eigenvalue weighted by molar-refractivity contribution is 5.76. The van der Waals surface area contributed by atoms with Crippen molar-refractivity contribution in [2.45, 2.75) is 31.8 Å². The molecule has 0 radical (unpaired) electrons. The SMILES string of the molecule is COc1cc(CNC(=O)CC2CCCN2)nn1C. The third-order valence-electron chi connectivity index (χ3n) is 3.16. The number of carbonyl (C=O) groups excluding carboxylic acids is 1. The summed E-state index contributed by atoms with van der Waals surface area (Å²) >= 11 is 0. The standard InChI is InChI=1S/C12H20N4O2/c1-16-12(18-2)7-10(15-16)8-14-11(17)6-9-4-3-5-13-9/h7,9,13H,3-6,8H2,1-2H3,(H,14,17). The van der Waals surface area contributed by atoms with Crippen molar-refractivity contribution < 1.29 is 9.53 Å². The van der Waals surface area contributed by atoms with Crippen molar-refractivity contribution in [1.29, 1.82) is 0 Å². The van der Waals surface area contributed by atoms with Crippen molar-refractivity contribution in [2.24, 2.45) is 7.05 Å². The van der Waals surface area contributed by atoms with Gasteiger partial charge in [0.2, 0.25) is 11.8 Å². The second kappa shape index (κ2) is 5.86. The summed E-state index contributed by atoms with van der Waals surface area (Å²) in [4.78, 5) is 11.7. The molecule has 6 nitrogen and oxygen atoms in total. The Morgan fingerprint density at radius 1 is 1.72 bits per heavy atom. The van der Waals surface area contributed by atoms with Gasteiger partial charge in [0.25, 0.3) is 0 Å². The first-order valence-corrected chi connectivity index (χ1v) is 6.26. The van der Waals surface area contributed by atoms with E-state index in [9.17, 15) is 4.79 Å². The van der Waals surface area contributed by atoms with Gasteiger partial charge < -0.3 is 15.4 Å². The fraction of sp³-hybridized carbons (Fsp3) is 0.667. The van der Waals surface area contributed by atoms with Gasteiger partial charge in [0.1, 0.15) is 0 Å². The Balaban J connectivity index is 1.77. The minimum Gasteiger partial charge on any atom is -0.481 e. The normalized spacial score (nSPS) is 18.9. The van der Waals surface area contributed by atoms with E-state index >= 15 is 0 Å². The van der Waals surface area contributed by atoms with E-state index in [-0.39, 0.29) is 5.91 Å². The predicted octanol–water partition coefficient (Wildman–Crippen LogP) is 0.187. The fourth-order valence-electron chi connectivity index (χ4n) is 2.20. The average Bonchev–Trinajstić information content (AvgIpc) is 2.96. The minimum atomic E-state index is 0.0685. The molecule has 1 atom stereocenters. The maximum absolute atomic E-state index is 11.7. The van der Waals surface area contributed by atoms with Gasteiger partial charge in [-0.25, -0.2) is 4.68 Å². The van der Waals surface area contributed by atoms with Gasteiger partial charge in [-0.3, -0.25) is 4.79 Å². The number of aromatic nitrogens is 2. The molecular formula is C12H20N4O2. The van der Waals surface area contributed by atoms with Crippen molar-refractivity contribution >= 4 is 5.91 Å². The number of methoxy groups -OCH3 is 1. The Kier molecular flexibility index (Phi) is 4.19. The molecule has 1 aliphatic heterocycles. The summed E-state index contributed by atoms with van der Waals surface area (Å²) in [5, 5.41) is 10.4.